The van der Waals surface area contributed by atoms with Crippen molar-refractivity contribution < 1.29 is 32.3 Å². The van der Waals surface area contributed by atoms with Crippen LogP contribution in [0.15, 0.2) is 72.8 Å². The number of hydrogen-bond acceptors (Lipinski definition) is 4. The molecular formula is C30H31F2N2O4+. The molecular weight excluding hydrogens is 490 g/mol. The summed E-state index contributed by atoms with van der Waals surface area (Å²) in [4.78, 5) is 26.2. The van der Waals surface area contributed by atoms with E-state index in [-0.39, 0.29) is 11.8 Å². The molecule has 0 spiro atoms. The minimum atomic E-state index is -0.970. The molecule has 6 rings (SSSR count). The molecule has 1 amide bonds. The molecule has 3 aliphatic heterocycles. The third kappa shape index (κ3) is 5.70. The summed E-state index contributed by atoms with van der Waals surface area (Å²) >= 11 is 0. The zero-order valence-electron chi connectivity index (χ0n) is 21.2. The summed E-state index contributed by atoms with van der Waals surface area (Å²) in [6.07, 6.45) is 0.181. The van der Waals surface area contributed by atoms with Crippen molar-refractivity contribution >= 4 is 11.9 Å². The summed E-state index contributed by atoms with van der Waals surface area (Å²) in [7, 11) is 1.59. The van der Waals surface area contributed by atoms with Crippen LogP contribution < -0.4 is 10.1 Å². The second-order valence-corrected chi connectivity index (χ2v) is 10.3. The number of rotatable bonds is 8. The van der Waals surface area contributed by atoms with Crippen LogP contribution in [0.5, 0.6) is 5.75 Å². The number of halogens is 2. The maximum atomic E-state index is 14.0. The summed E-state index contributed by atoms with van der Waals surface area (Å²) in [6.45, 7) is 2.76. The summed E-state index contributed by atoms with van der Waals surface area (Å²) < 4.78 is 39.5. The normalized spacial score (nSPS) is 22.2. The lowest BCUT2D eigenvalue weighted by atomic mass is 9.81. The van der Waals surface area contributed by atoms with E-state index in [4.69, 9.17) is 9.47 Å². The Bertz CT molecular complexity index is 1260. The summed E-state index contributed by atoms with van der Waals surface area (Å²) in [5.74, 6) is 0.105. The molecule has 3 saturated heterocycles. The molecule has 1 unspecified atom stereocenters. The zero-order chi connectivity index (χ0) is 26.7. The fourth-order valence-corrected chi connectivity index (χ4v) is 5.81. The number of amides is 1. The van der Waals surface area contributed by atoms with Crippen LogP contribution in [0, 0.1) is 17.6 Å². The Kier molecular flexibility index (Phi) is 7.42. The van der Waals surface area contributed by atoms with Crippen LogP contribution in [0.3, 0.4) is 0 Å². The number of benzene rings is 3. The number of piperidine rings is 3. The molecule has 0 aromatic heterocycles. The molecule has 0 saturated carbocycles. The highest BCUT2D eigenvalue weighted by Gasteiger charge is 2.47. The fraction of sp³-hybridized carbons (Fsp3) is 0.333. The molecule has 6 nitrogen and oxygen atoms in total. The molecule has 3 fully saturated rings. The van der Waals surface area contributed by atoms with Gasteiger partial charge in [-0.15, -0.1) is 0 Å². The maximum absolute atomic E-state index is 14.0. The van der Waals surface area contributed by atoms with E-state index >= 15 is 0 Å². The van der Waals surface area contributed by atoms with Crippen LogP contribution in [-0.4, -0.2) is 55.7 Å². The van der Waals surface area contributed by atoms with Crippen molar-refractivity contribution in [3.8, 4) is 5.75 Å². The topological polar surface area (TPSA) is 64.6 Å². The van der Waals surface area contributed by atoms with Gasteiger partial charge in [0, 0.05) is 18.4 Å². The molecule has 38 heavy (non-hydrogen) atoms. The van der Waals surface area contributed by atoms with Gasteiger partial charge >= 0.3 is 6.09 Å². The molecule has 1 N–H and O–H groups in total. The molecule has 3 heterocycles. The number of Topliss-reactive ketones (excluding diaryl/α,β-unsaturated/α-hetero) is 1. The lowest BCUT2D eigenvalue weighted by Gasteiger charge is -2.52. The number of ether oxygens (including phenoxy) is 2. The van der Waals surface area contributed by atoms with Gasteiger partial charge in [0.25, 0.3) is 0 Å². The smallest absolute Gasteiger partial charge is 0.408 e. The summed E-state index contributed by atoms with van der Waals surface area (Å²) in [5, 5.41) is 3.01. The molecule has 8 heteroatoms. The monoisotopic (exact) mass is 521 g/mol. The number of ketones is 1. The van der Waals surface area contributed by atoms with Gasteiger partial charge in [0.1, 0.15) is 23.9 Å². The molecule has 3 aromatic rings. The Morgan fingerprint density at radius 3 is 2.11 bits per heavy atom. The third-order valence-corrected chi connectivity index (χ3v) is 7.82. The molecule has 3 aromatic carbocycles. The molecule has 3 aliphatic rings. The highest BCUT2D eigenvalue weighted by molar-refractivity contribution is 5.97. The minimum Gasteiger partial charge on any atom is -0.497 e. The number of carbonyl (C=O) groups is 2. The second kappa shape index (κ2) is 10.9. The van der Waals surface area contributed by atoms with Crippen LogP contribution >= 0.6 is 0 Å². The fourth-order valence-electron chi connectivity index (χ4n) is 5.81. The molecule has 1 atom stereocenters. The van der Waals surface area contributed by atoms with Gasteiger partial charge in [-0.1, -0.05) is 24.3 Å². The van der Waals surface area contributed by atoms with Crippen LogP contribution in [0.1, 0.15) is 40.4 Å². The Balaban J connectivity index is 1.28. The van der Waals surface area contributed by atoms with E-state index in [0.29, 0.717) is 45.9 Å². The van der Waals surface area contributed by atoms with Crippen molar-refractivity contribution in [2.75, 3.05) is 33.3 Å². The Hall–Kier alpha value is -3.78. The van der Waals surface area contributed by atoms with Crippen LogP contribution in [0.2, 0.25) is 0 Å². The molecule has 0 radical (unpaired) electrons. The predicted octanol–water partition coefficient (Wildman–Crippen LogP) is 5.28. The number of fused-ring (bicyclic) bond motifs is 3. The quantitative estimate of drug-likeness (QED) is 0.324. The Labute approximate surface area is 220 Å². The molecule has 0 aliphatic carbocycles. The molecule has 2 bridgehead atoms. The van der Waals surface area contributed by atoms with Crippen molar-refractivity contribution in [1.29, 1.82) is 0 Å². The molecule has 198 valence electrons. The maximum Gasteiger partial charge on any atom is 0.408 e. The van der Waals surface area contributed by atoms with Gasteiger partial charge in [0.05, 0.1) is 32.8 Å². The highest BCUT2D eigenvalue weighted by atomic mass is 19.1. The number of quaternary nitrogens is 1. The minimum absolute atomic E-state index is 0.0617. The first-order valence-corrected chi connectivity index (χ1v) is 12.8. The van der Waals surface area contributed by atoms with Gasteiger partial charge in [-0.3, -0.25) is 4.79 Å². The average molecular weight is 522 g/mol. The number of methoxy groups -OCH3 is 1. The zero-order valence-corrected chi connectivity index (χ0v) is 21.2. The highest BCUT2D eigenvalue weighted by Crippen LogP contribution is 2.35. The van der Waals surface area contributed by atoms with Gasteiger partial charge < -0.3 is 19.3 Å². The first-order valence-electron chi connectivity index (χ1n) is 12.8. The largest absolute Gasteiger partial charge is 0.497 e. The van der Waals surface area contributed by atoms with Crippen LogP contribution in [0.25, 0.3) is 0 Å². The lowest BCUT2D eigenvalue weighted by molar-refractivity contribution is -0.936. The van der Waals surface area contributed by atoms with E-state index in [1.54, 1.807) is 43.5 Å². The number of carbonyl (C=O) groups excluding carboxylic acids is 2. The summed E-state index contributed by atoms with van der Waals surface area (Å²) in [6, 6.07) is 18.5. The Morgan fingerprint density at radius 2 is 1.55 bits per heavy atom. The van der Waals surface area contributed by atoms with Crippen LogP contribution in [0.4, 0.5) is 13.6 Å². The standard InChI is InChI=1S/C30H30F2N2O4/c1-37-26-10-8-21(9-11-26)28(35)19-34-14-12-20(13-15-34)27(18-34)33-30(36)38-29(22-4-2-6-24(31)16-22)23-5-3-7-25(32)17-23/h2-11,16-17,20,27,29H,12-15,18-19H2,1H3/p+1. The number of nitrogens with zero attached hydrogens (tertiary/aromatic N) is 1. The van der Waals surface area contributed by atoms with E-state index < -0.39 is 23.8 Å². The lowest BCUT2D eigenvalue weighted by Crippen LogP contribution is -2.68. The SMILES string of the molecule is COc1ccc(C(=O)C[N+]23CCC(CC2)C(NC(=O)OC(c2cccc(F)c2)c2cccc(F)c2)C3)cc1. The van der Waals surface area contributed by atoms with Gasteiger partial charge in [-0.05, 0) is 65.6 Å². The van der Waals surface area contributed by atoms with Crippen molar-refractivity contribution in [1.82, 2.24) is 5.32 Å². The van der Waals surface area contributed by atoms with Crippen molar-refractivity contribution in [3.05, 3.63) is 101 Å². The van der Waals surface area contributed by atoms with Gasteiger partial charge in [-0.25, -0.2) is 13.6 Å². The van der Waals surface area contributed by atoms with E-state index in [2.05, 4.69) is 5.32 Å². The van der Waals surface area contributed by atoms with E-state index in [1.165, 1.54) is 36.4 Å². The number of alkyl carbamates (subject to hydrolysis) is 1. The van der Waals surface area contributed by atoms with E-state index in [9.17, 15) is 18.4 Å². The third-order valence-electron chi connectivity index (χ3n) is 7.82. The van der Waals surface area contributed by atoms with E-state index in [1.807, 2.05) is 0 Å². The summed E-state index contributed by atoms with van der Waals surface area (Å²) in [5.41, 5.74) is 1.46. The van der Waals surface area contributed by atoms with E-state index in [0.717, 1.165) is 25.9 Å². The van der Waals surface area contributed by atoms with Crippen molar-refractivity contribution in [3.63, 3.8) is 0 Å². The van der Waals surface area contributed by atoms with Gasteiger partial charge in [0.2, 0.25) is 5.78 Å². The van der Waals surface area contributed by atoms with Gasteiger partial charge in [0.15, 0.2) is 6.10 Å². The Morgan fingerprint density at radius 1 is 0.947 bits per heavy atom. The van der Waals surface area contributed by atoms with Crippen molar-refractivity contribution in [2.24, 2.45) is 5.92 Å². The first kappa shape index (κ1) is 25.9. The number of nitrogens with one attached hydrogen (secondary N) is 1. The van der Waals surface area contributed by atoms with Crippen LogP contribution in [-0.2, 0) is 4.74 Å². The van der Waals surface area contributed by atoms with Gasteiger partial charge in [-0.2, -0.15) is 0 Å². The first-order chi connectivity index (χ1) is 18.3. The van der Waals surface area contributed by atoms with Crippen molar-refractivity contribution in [2.45, 2.75) is 25.0 Å². The second-order valence-electron chi connectivity index (χ2n) is 10.3. The average Bonchev–Trinajstić information content (AvgIpc) is 2.92. The number of hydrogen-bond donors (Lipinski definition) is 1. The predicted molar refractivity (Wildman–Crippen MR) is 138 cm³/mol.